The Hall–Kier alpha value is -2.18. The molecule has 2 aromatic carbocycles. The van der Waals surface area contributed by atoms with Gasteiger partial charge >= 0.3 is 12.4 Å². The average Bonchev–Trinajstić information content (AvgIpc) is 2.38. The van der Waals surface area contributed by atoms with Crippen molar-refractivity contribution < 1.29 is 26.3 Å². The number of hydrogen-bond acceptors (Lipinski definition) is 1. The summed E-state index contributed by atoms with van der Waals surface area (Å²) in [5.74, 6) is 0. The number of alkyl halides is 6. The zero-order chi connectivity index (χ0) is 15.7. The maximum absolute atomic E-state index is 12.4. The molecule has 0 saturated heterocycles. The van der Waals surface area contributed by atoms with Crippen molar-refractivity contribution in [3.63, 3.8) is 0 Å². The Kier molecular flexibility index (Phi) is 3.85. The van der Waals surface area contributed by atoms with E-state index in [1.165, 1.54) is 24.3 Å². The minimum Gasteiger partial charge on any atom is -0.356 e. The van der Waals surface area contributed by atoms with Gasteiger partial charge in [0.1, 0.15) is 0 Å². The van der Waals surface area contributed by atoms with Crippen molar-refractivity contribution >= 4 is 11.4 Å². The van der Waals surface area contributed by atoms with Gasteiger partial charge in [-0.15, -0.1) is 0 Å². The van der Waals surface area contributed by atoms with E-state index in [4.69, 9.17) is 0 Å². The van der Waals surface area contributed by atoms with Gasteiger partial charge in [0.05, 0.1) is 11.1 Å². The highest BCUT2D eigenvalue weighted by Gasteiger charge is 2.30. The third kappa shape index (κ3) is 3.90. The Labute approximate surface area is 116 Å². The number of halogens is 6. The first kappa shape index (κ1) is 15.2. The summed E-state index contributed by atoms with van der Waals surface area (Å²) in [7, 11) is 0. The molecule has 7 heteroatoms. The molecule has 0 atom stereocenters. The number of nitrogens with one attached hydrogen (secondary N) is 1. The lowest BCUT2D eigenvalue weighted by atomic mass is 10.1. The fraction of sp³-hybridized carbons (Fsp3) is 0.143. The van der Waals surface area contributed by atoms with E-state index in [2.05, 4.69) is 5.32 Å². The highest BCUT2D eigenvalue weighted by Crippen LogP contribution is 2.32. The Morgan fingerprint density at radius 2 is 0.810 bits per heavy atom. The second-order valence-corrected chi connectivity index (χ2v) is 4.28. The first-order chi connectivity index (χ1) is 9.66. The zero-order valence-corrected chi connectivity index (χ0v) is 10.4. The molecular weight excluding hydrogens is 296 g/mol. The first-order valence-corrected chi connectivity index (χ1v) is 5.78. The van der Waals surface area contributed by atoms with E-state index in [9.17, 15) is 26.3 Å². The van der Waals surface area contributed by atoms with Crippen LogP contribution in [0.1, 0.15) is 11.1 Å². The molecule has 0 radical (unpaired) electrons. The van der Waals surface area contributed by atoms with Gasteiger partial charge in [0.25, 0.3) is 0 Å². The largest absolute Gasteiger partial charge is 0.416 e. The molecule has 0 spiro atoms. The van der Waals surface area contributed by atoms with Crippen molar-refractivity contribution in [3.8, 4) is 0 Å². The summed E-state index contributed by atoms with van der Waals surface area (Å²) in [6, 6.07) is 8.42. The molecule has 0 heterocycles. The van der Waals surface area contributed by atoms with Crippen molar-refractivity contribution in [2.45, 2.75) is 12.4 Å². The molecule has 0 amide bonds. The molecule has 2 aromatic rings. The number of rotatable bonds is 2. The lowest BCUT2D eigenvalue weighted by Gasteiger charge is -2.11. The number of anilines is 2. The van der Waals surface area contributed by atoms with Gasteiger partial charge in [0.2, 0.25) is 0 Å². The van der Waals surface area contributed by atoms with E-state index < -0.39 is 23.5 Å². The van der Waals surface area contributed by atoms with Crippen LogP contribution in [0.2, 0.25) is 0 Å². The maximum atomic E-state index is 12.4. The molecule has 0 aromatic heterocycles. The Balaban J connectivity index is 2.12. The van der Waals surface area contributed by atoms with Crippen molar-refractivity contribution in [3.05, 3.63) is 59.7 Å². The van der Waals surface area contributed by atoms with E-state index in [-0.39, 0.29) is 0 Å². The van der Waals surface area contributed by atoms with Crippen LogP contribution >= 0.6 is 0 Å². The summed E-state index contributed by atoms with van der Waals surface area (Å²) in [6.45, 7) is 0. The second kappa shape index (κ2) is 5.31. The van der Waals surface area contributed by atoms with E-state index in [0.29, 0.717) is 11.4 Å². The highest BCUT2D eigenvalue weighted by molar-refractivity contribution is 5.60. The van der Waals surface area contributed by atoms with Gasteiger partial charge < -0.3 is 5.32 Å². The summed E-state index contributed by atoms with van der Waals surface area (Å²) < 4.78 is 74.3. The maximum Gasteiger partial charge on any atom is 0.416 e. The lowest BCUT2D eigenvalue weighted by molar-refractivity contribution is -0.138. The minimum atomic E-state index is -4.42. The van der Waals surface area contributed by atoms with Crippen molar-refractivity contribution in [1.82, 2.24) is 0 Å². The van der Waals surface area contributed by atoms with Gasteiger partial charge in [0.15, 0.2) is 0 Å². The van der Waals surface area contributed by atoms with Crippen LogP contribution in [0, 0.1) is 0 Å². The first-order valence-electron chi connectivity index (χ1n) is 5.78. The molecular formula is C14H9F6N. The van der Waals surface area contributed by atoms with Crippen molar-refractivity contribution in [1.29, 1.82) is 0 Å². The van der Waals surface area contributed by atoms with Gasteiger partial charge in [-0.25, -0.2) is 0 Å². The molecule has 1 nitrogen and oxygen atoms in total. The van der Waals surface area contributed by atoms with Crippen molar-refractivity contribution in [2.24, 2.45) is 0 Å². The van der Waals surface area contributed by atoms with Crippen LogP contribution in [0.5, 0.6) is 0 Å². The molecule has 0 aliphatic carbocycles. The van der Waals surface area contributed by atoms with E-state index in [0.717, 1.165) is 24.3 Å². The summed E-state index contributed by atoms with van der Waals surface area (Å²) in [6.07, 6.45) is -8.85. The SMILES string of the molecule is FC(F)(F)c1ccc(Nc2ccc(C(F)(F)F)cc2)cc1. The number of benzene rings is 2. The molecule has 21 heavy (non-hydrogen) atoms. The predicted octanol–water partition coefficient (Wildman–Crippen LogP) is 5.47. The Morgan fingerprint density at radius 3 is 1.05 bits per heavy atom. The van der Waals surface area contributed by atoms with Crippen LogP contribution < -0.4 is 5.32 Å². The van der Waals surface area contributed by atoms with Crippen LogP contribution in [-0.4, -0.2) is 0 Å². The molecule has 1 N–H and O–H groups in total. The molecule has 0 bridgehead atoms. The molecule has 0 saturated carbocycles. The van der Waals surface area contributed by atoms with E-state index in [1.807, 2.05) is 0 Å². The predicted molar refractivity (Wildman–Crippen MR) is 66.2 cm³/mol. The standard InChI is InChI=1S/C14H9F6N/c15-13(16,17)9-1-5-11(6-2-9)21-12-7-3-10(4-8-12)14(18,19)20/h1-8,21H. The fourth-order valence-electron chi connectivity index (χ4n) is 1.65. The second-order valence-electron chi connectivity index (χ2n) is 4.28. The minimum absolute atomic E-state index is 0.350. The van der Waals surface area contributed by atoms with Crippen LogP contribution in [0.4, 0.5) is 37.7 Å². The molecule has 0 aliphatic rings. The van der Waals surface area contributed by atoms with Crippen molar-refractivity contribution in [2.75, 3.05) is 5.32 Å². The van der Waals surface area contributed by atoms with Gasteiger partial charge in [-0.05, 0) is 48.5 Å². The number of hydrogen-bond donors (Lipinski definition) is 1. The molecule has 0 unspecified atom stereocenters. The third-order valence-electron chi connectivity index (χ3n) is 2.71. The van der Waals surface area contributed by atoms with E-state index >= 15 is 0 Å². The van der Waals surface area contributed by atoms with Gasteiger partial charge in [-0.2, -0.15) is 26.3 Å². The third-order valence-corrected chi connectivity index (χ3v) is 2.71. The summed E-state index contributed by atoms with van der Waals surface area (Å²) >= 11 is 0. The quantitative estimate of drug-likeness (QED) is 0.726. The van der Waals surface area contributed by atoms with Crippen LogP contribution in [-0.2, 0) is 12.4 Å². The molecule has 2 rings (SSSR count). The van der Waals surface area contributed by atoms with Gasteiger partial charge in [-0.1, -0.05) is 0 Å². The summed E-state index contributed by atoms with van der Waals surface area (Å²) in [5, 5.41) is 2.73. The fourth-order valence-corrected chi connectivity index (χ4v) is 1.65. The van der Waals surface area contributed by atoms with Gasteiger partial charge in [0, 0.05) is 11.4 Å². The lowest BCUT2D eigenvalue weighted by Crippen LogP contribution is -2.05. The van der Waals surface area contributed by atoms with Crippen LogP contribution in [0.15, 0.2) is 48.5 Å². The smallest absolute Gasteiger partial charge is 0.356 e. The van der Waals surface area contributed by atoms with Gasteiger partial charge in [-0.3, -0.25) is 0 Å². The normalized spacial score (nSPS) is 12.3. The topological polar surface area (TPSA) is 12.0 Å². The summed E-state index contributed by atoms with van der Waals surface area (Å²) in [4.78, 5) is 0. The monoisotopic (exact) mass is 305 g/mol. The average molecular weight is 305 g/mol. The molecule has 112 valence electrons. The Bertz CT molecular complexity index is 540. The van der Waals surface area contributed by atoms with Crippen LogP contribution in [0.25, 0.3) is 0 Å². The summed E-state index contributed by atoms with van der Waals surface area (Å²) in [5.41, 5.74) is -0.883. The molecule has 0 aliphatic heterocycles. The van der Waals surface area contributed by atoms with E-state index in [1.54, 1.807) is 0 Å². The molecule has 0 fully saturated rings. The zero-order valence-electron chi connectivity index (χ0n) is 10.4. The Morgan fingerprint density at radius 1 is 0.524 bits per heavy atom. The highest BCUT2D eigenvalue weighted by atomic mass is 19.4. The van der Waals surface area contributed by atoms with Crippen LogP contribution in [0.3, 0.4) is 0 Å².